The van der Waals surface area contributed by atoms with Gasteiger partial charge in [0.2, 0.25) is 0 Å². The van der Waals surface area contributed by atoms with Crippen LogP contribution in [0.5, 0.6) is 5.75 Å². The van der Waals surface area contributed by atoms with E-state index in [2.05, 4.69) is 31.2 Å². The zero-order valence-electron chi connectivity index (χ0n) is 17.3. The van der Waals surface area contributed by atoms with Gasteiger partial charge in [0.05, 0.1) is 29.0 Å². The maximum atomic E-state index is 13.2. The Bertz CT molecular complexity index is 1200. The number of nitrogens with zero attached hydrogens (tertiary/aromatic N) is 4. The number of hydrogen-bond acceptors (Lipinski definition) is 6. The lowest BCUT2D eigenvalue weighted by Crippen LogP contribution is -2.47. The number of hydrogen-bond donors (Lipinski definition) is 2. The van der Waals surface area contributed by atoms with Crippen LogP contribution in [-0.2, 0) is 6.18 Å². The molecule has 1 fully saturated rings. The van der Waals surface area contributed by atoms with Crippen molar-refractivity contribution >= 4 is 16.9 Å². The summed E-state index contributed by atoms with van der Waals surface area (Å²) < 4.78 is 45.7. The normalized spacial score (nSPS) is 25.8. The number of para-hydroxylation sites is 1. The van der Waals surface area contributed by atoms with Gasteiger partial charge in [0.25, 0.3) is 0 Å². The Balaban J connectivity index is 1.54. The number of nitriles is 1. The van der Waals surface area contributed by atoms with Crippen molar-refractivity contribution in [3.63, 3.8) is 0 Å². The molecule has 2 aliphatic rings. The average Bonchev–Trinajstić information content (AvgIpc) is 3.39. The van der Waals surface area contributed by atoms with Gasteiger partial charge in [-0.25, -0.2) is 9.97 Å². The molecular formula is C22H21F3N6O. The van der Waals surface area contributed by atoms with E-state index in [4.69, 9.17) is 4.74 Å². The SMILES string of the molecule is CC1(C#N)CCN(C2COc3ccccc3C2Nc2ncnc3[nH]c(C(F)(F)F)cc23)C1. The Hall–Kier alpha value is -3.32. The van der Waals surface area contributed by atoms with E-state index in [1.807, 2.05) is 31.2 Å². The fourth-order valence-electron chi connectivity index (χ4n) is 4.56. The predicted molar refractivity (Wildman–Crippen MR) is 111 cm³/mol. The fraction of sp³-hybridized carbons (Fsp3) is 0.409. The lowest BCUT2D eigenvalue weighted by atomic mass is 9.91. The van der Waals surface area contributed by atoms with Gasteiger partial charge >= 0.3 is 6.18 Å². The van der Waals surface area contributed by atoms with E-state index < -0.39 is 17.3 Å². The van der Waals surface area contributed by atoms with E-state index in [0.717, 1.165) is 30.3 Å². The van der Waals surface area contributed by atoms with E-state index in [9.17, 15) is 18.4 Å². The highest BCUT2D eigenvalue weighted by Crippen LogP contribution is 2.41. The minimum Gasteiger partial charge on any atom is -0.491 e. The van der Waals surface area contributed by atoms with Crippen molar-refractivity contribution in [2.24, 2.45) is 5.41 Å². The molecule has 7 nitrogen and oxygen atoms in total. The standard InChI is InChI=1S/C22H21F3N6O/c1-21(10-26)6-7-31(11-21)15-9-32-16-5-3-2-4-13(16)18(15)30-20-14-8-17(22(23,24)25)29-19(14)27-12-28-20/h2-5,8,12,15,18H,6-7,9,11H2,1H3,(H2,27,28,29,30). The molecule has 10 heteroatoms. The molecule has 0 bridgehead atoms. The van der Waals surface area contributed by atoms with Crippen molar-refractivity contribution in [2.45, 2.75) is 31.6 Å². The quantitative estimate of drug-likeness (QED) is 0.634. The number of H-pyrrole nitrogens is 1. The fourth-order valence-corrected chi connectivity index (χ4v) is 4.56. The molecule has 0 spiro atoms. The van der Waals surface area contributed by atoms with Gasteiger partial charge in [-0.3, -0.25) is 4.90 Å². The lowest BCUT2D eigenvalue weighted by Gasteiger charge is -2.39. The van der Waals surface area contributed by atoms with E-state index >= 15 is 0 Å². The highest BCUT2D eigenvalue weighted by Gasteiger charge is 2.43. The molecule has 0 saturated carbocycles. The van der Waals surface area contributed by atoms with Crippen molar-refractivity contribution in [3.8, 4) is 11.8 Å². The Morgan fingerprint density at radius 1 is 1.31 bits per heavy atom. The molecular weight excluding hydrogens is 421 g/mol. The summed E-state index contributed by atoms with van der Waals surface area (Å²) in [6.07, 6.45) is -2.52. The summed E-state index contributed by atoms with van der Waals surface area (Å²) in [6.45, 7) is 3.67. The molecule has 1 saturated heterocycles. The molecule has 2 N–H and O–H groups in total. The molecule has 0 amide bonds. The molecule has 5 rings (SSSR count). The van der Waals surface area contributed by atoms with Gasteiger partial charge in [-0.05, 0) is 25.5 Å². The number of aromatic amines is 1. The minimum absolute atomic E-state index is 0.116. The largest absolute Gasteiger partial charge is 0.491 e. The maximum Gasteiger partial charge on any atom is 0.431 e. The lowest BCUT2D eigenvalue weighted by molar-refractivity contribution is -0.140. The van der Waals surface area contributed by atoms with Crippen LogP contribution in [0.25, 0.3) is 11.0 Å². The van der Waals surface area contributed by atoms with Crippen molar-refractivity contribution < 1.29 is 17.9 Å². The van der Waals surface area contributed by atoms with Crippen LogP contribution < -0.4 is 10.1 Å². The highest BCUT2D eigenvalue weighted by molar-refractivity contribution is 5.88. The maximum absolute atomic E-state index is 13.2. The second-order valence-corrected chi connectivity index (χ2v) is 8.60. The summed E-state index contributed by atoms with van der Waals surface area (Å²) in [7, 11) is 0. The first-order valence-corrected chi connectivity index (χ1v) is 10.3. The Morgan fingerprint density at radius 3 is 2.88 bits per heavy atom. The van der Waals surface area contributed by atoms with Crippen molar-refractivity contribution in [1.82, 2.24) is 19.9 Å². The summed E-state index contributed by atoms with van der Waals surface area (Å²) in [5.41, 5.74) is -0.298. The first-order valence-electron chi connectivity index (χ1n) is 10.3. The molecule has 166 valence electrons. The van der Waals surface area contributed by atoms with Crippen LogP contribution in [0, 0.1) is 16.7 Å². The summed E-state index contributed by atoms with van der Waals surface area (Å²) in [4.78, 5) is 12.8. The third-order valence-electron chi connectivity index (χ3n) is 6.31. The van der Waals surface area contributed by atoms with E-state index in [0.29, 0.717) is 19.0 Å². The zero-order valence-corrected chi connectivity index (χ0v) is 17.3. The summed E-state index contributed by atoms with van der Waals surface area (Å²) in [5, 5.41) is 13.2. The predicted octanol–water partition coefficient (Wildman–Crippen LogP) is 4.13. The second-order valence-electron chi connectivity index (χ2n) is 8.60. The first-order chi connectivity index (χ1) is 15.3. The number of anilines is 1. The molecule has 0 aliphatic carbocycles. The van der Waals surface area contributed by atoms with Crippen LogP contribution in [0.4, 0.5) is 19.0 Å². The summed E-state index contributed by atoms with van der Waals surface area (Å²) >= 11 is 0. The number of likely N-dealkylation sites (tertiary alicyclic amines) is 1. The molecule has 32 heavy (non-hydrogen) atoms. The van der Waals surface area contributed by atoms with Gasteiger partial charge < -0.3 is 15.0 Å². The second kappa shape index (κ2) is 7.38. The van der Waals surface area contributed by atoms with Crippen molar-refractivity contribution in [3.05, 3.63) is 47.9 Å². The summed E-state index contributed by atoms with van der Waals surface area (Å²) in [6, 6.07) is 10.6. The topological polar surface area (TPSA) is 89.9 Å². The summed E-state index contributed by atoms with van der Waals surface area (Å²) in [5.74, 6) is 1.04. The highest BCUT2D eigenvalue weighted by atomic mass is 19.4. The van der Waals surface area contributed by atoms with Crippen LogP contribution >= 0.6 is 0 Å². The van der Waals surface area contributed by atoms with Crippen LogP contribution in [-0.4, -0.2) is 45.6 Å². The van der Waals surface area contributed by atoms with Gasteiger partial charge in [0.1, 0.15) is 35.8 Å². The number of benzene rings is 1. The number of rotatable bonds is 3. The molecule has 4 heterocycles. The van der Waals surface area contributed by atoms with Crippen LogP contribution in [0.1, 0.15) is 30.6 Å². The van der Waals surface area contributed by atoms with Crippen molar-refractivity contribution in [1.29, 1.82) is 5.26 Å². The first kappa shape index (κ1) is 20.6. The number of ether oxygens (including phenoxy) is 1. The van der Waals surface area contributed by atoms with E-state index in [1.54, 1.807) is 0 Å². The van der Waals surface area contributed by atoms with Gasteiger partial charge in [0.15, 0.2) is 0 Å². The molecule has 3 unspecified atom stereocenters. The van der Waals surface area contributed by atoms with Gasteiger partial charge in [-0.15, -0.1) is 0 Å². The van der Waals surface area contributed by atoms with Gasteiger partial charge in [-0.2, -0.15) is 18.4 Å². The molecule has 1 aromatic carbocycles. The Morgan fingerprint density at radius 2 is 2.12 bits per heavy atom. The number of nitrogens with one attached hydrogen (secondary N) is 2. The Kier molecular flexibility index (Phi) is 4.74. The third kappa shape index (κ3) is 3.52. The van der Waals surface area contributed by atoms with Gasteiger partial charge in [-0.1, -0.05) is 18.2 Å². The average molecular weight is 442 g/mol. The van der Waals surface area contributed by atoms with Gasteiger partial charge in [0, 0.05) is 18.7 Å². The third-order valence-corrected chi connectivity index (χ3v) is 6.31. The minimum atomic E-state index is -4.51. The van der Waals surface area contributed by atoms with E-state index in [-0.39, 0.29) is 23.1 Å². The van der Waals surface area contributed by atoms with E-state index in [1.165, 1.54) is 6.33 Å². The number of alkyl halides is 3. The smallest absolute Gasteiger partial charge is 0.431 e. The van der Waals surface area contributed by atoms with Crippen LogP contribution in [0.2, 0.25) is 0 Å². The Labute approximate surface area is 182 Å². The molecule has 2 aromatic heterocycles. The number of aromatic nitrogens is 3. The molecule has 2 aliphatic heterocycles. The molecule has 0 radical (unpaired) electrons. The van der Waals surface area contributed by atoms with Crippen LogP contribution in [0.15, 0.2) is 36.7 Å². The zero-order chi connectivity index (χ0) is 22.5. The molecule has 3 aromatic rings. The monoisotopic (exact) mass is 442 g/mol. The van der Waals surface area contributed by atoms with Crippen molar-refractivity contribution in [2.75, 3.05) is 25.0 Å². The van der Waals surface area contributed by atoms with Crippen LogP contribution in [0.3, 0.4) is 0 Å². The number of fused-ring (bicyclic) bond motifs is 2. The number of halogens is 3. The molecule has 3 atom stereocenters.